The average molecular weight is 460 g/mol. The molecule has 35 heavy (non-hydrogen) atoms. The molecule has 170 valence electrons. The lowest BCUT2D eigenvalue weighted by Crippen LogP contribution is -2.25. The summed E-state index contributed by atoms with van der Waals surface area (Å²) in [5.41, 5.74) is 4.12. The standard InChI is InChI=1S/C28H21N5O2/c34-26(14-13-20-7-2-1-3-8-20)31-22-10-4-11-23(18-22)33-27-24(12-6-16-30-27)32-25(28(33)35)17-21-9-5-15-29-19-21/h1-16,18-19H,17H2,(H,31,34)/b14-13+. The van der Waals surface area contributed by atoms with Gasteiger partial charge in [-0.1, -0.05) is 42.5 Å². The number of anilines is 1. The predicted molar refractivity (Wildman–Crippen MR) is 136 cm³/mol. The molecule has 0 aliphatic carbocycles. The van der Waals surface area contributed by atoms with Crippen LogP contribution in [-0.4, -0.2) is 25.4 Å². The number of carbonyl (C=O) groups excluding carboxylic acids is 1. The molecule has 0 unspecified atom stereocenters. The van der Waals surface area contributed by atoms with Crippen LogP contribution in [0.2, 0.25) is 0 Å². The van der Waals surface area contributed by atoms with Gasteiger partial charge in [0.2, 0.25) is 5.91 Å². The van der Waals surface area contributed by atoms with Gasteiger partial charge in [0.1, 0.15) is 11.2 Å². The predicted octanol–water partition coefficient (Wildman–Crippen LogP) is 4.42. The second-order valence-electron chi connectivity index (χ2n) is 7.87. The zero-order valence-corrected chi connectivity index (χ0v) is 18.7. The number of pyridine rings is 2. The summed E-state index contributed by atoms with van der Waals surface area (Å²) in [7, 11) is 0. The van der Waals surface area contributed by atoms with E-state index in [0.717, 1.165) is 11.1 Å². The van der Waals surface area contributed by atoms with Crippen molar-refractivity contribution in [3.63, 3.8) is 0 Å². The summed E-state index contributed by atoms with van der Waals surface area (Å²) < 4.78 is 1.53. The first kappa shape index (κ1) is 21.9. The minimum atomic E-state index is -0.271. The van der Waals surface area contributed by atoms with E-state index in [9.17, 15) is 9.59 Å². The highest BCUT2D eigenvalue weighted by Gasteiger charge is 2.14. The molecule has 2 aromatic carbocycles. The number of nitrogens with zero attached hydrogens (tertiary/aromatic N) is 4. The molecule has 0 saturated carbocycles. The Morgan fingerprint density at radius 3 is 2.63 bits per heavy atom. The van der Waals surface area contributed by atoms with Gasteiger partial charge in [-0.3, -0.25) is 19.1 Å². The Morgan fingerprint density at radius 2 is 1.80 bits per heavy atom. The summed E-state index contributed by atoms with van der Waals surface area (Å²) in [5.74, 6) is -0.270. The van der Waals surface area contributed by atoms with Gasteiger partial charge in [-0.25, -0.2) is 9.97 Å². The van der Waals surface area contributed by atoms with Crippen molar-refractivity contribution in [3.05, 3.63) is 131 Å². The fourth-order valence-corrected chi connectivity index (χ4v) is 3.76. The van der Waals surface area contributed by atoms with Crippen LogP contribution in [0.3, 0.4) is 0 Å². The number of hydrogen-bond donors (Lipinski definition) is 1. The molecule has 0 aliphatic heterocycles. The molecule has 7 heteroatoms. The van der Waals surface area contributed by atoms with Gasteiger partial charge in [0, 0.05) is 36.8 Å². The Kier molecular flexibility index (Phi) is 6.21. The van der Waals surface area contributed by atoms with E-state index in [2.05, 4.69) is 20.3 Å². The first-order valence-corrected chi connectivity index (χ1v) is 11.1. The van der Waals surface area contributed by atoms with E-state index in [4.69, 9.17) is 0 Å². The summed E-state index contributed by atoms with van der Waals surface area (Å²) in [5, 5.41) is 2.86. The summed E-state index contributed by atoms with van der Waals surface area (Å²) in [4.78, 5) is 39.1. The molecule has 1 N–H and O–H groups in total. The topological polar surface area (TPSA) is 89.8 Å². The minimum absolute atomic E-state index is 0.270. The monoisotopic (exact) mass is 459 g/mol. The summed E-state index contributed by atoms with van der Waals surface area (Å²) in [6, 6.07) is 24.0. The Hall–Kier alpha value is -4.91. The first-order valence-electron chi connectivity index (χ1n) is 11.1. The highest BCUT2D eigenvalue weighted by Crippen LogP contribution is 2.18. The number of nitrogens with one attached hydrogen (secondary N) is 1. The second-order valence-corrected chi connectivity index (χ2v) is 7.87. The van der Waals surface area contributed by atoms with Gasteiger partial charge in [0.15, 0.2) is 5.65 Å². The lowest BCUT2D eigenvalue weighted by atomic mass is 10.1. The van der Waals surface area contributed by atoms with Gasteiger partial charge < -0.3 is 5.32 Å². The van der Waals surface area contributed by atoms with Crippen LogP contribution in [0.25, 0.3) is 22.9 Å². The highest BCUT2D eigenvalue weighted by molar-refractivity contribution is 6.02. The fraction of sp³-hybridized carbons (Fsp3) is 0.0357. The second kappa shape index (κ2) is 9.93. The van der Waals surface area contributed by atoms with E-state index < -0.39 is 0 Å². The molecular weight excluding hydrogens is 438 g/mol. The number of carbonyl (C=O) groups is 1. The average Bonchev–Trinajstić information content (AvgIpc) is 2.89. The molecule has 3 aromatic heterocycles. The van der Waals surface area contributed by atoms with Crippen molar-refractivity contribution in [2.75, 3.05) is 5.32 Å². The highest BCUT2D eigenvalue weighted by atomic mass is 16.1. The molecule has 3 heterocycles. The minimum Gasteiger partial charge on any atom is -0.322 e. The zero-order chi connectivity index (χ0) is 24.0. The molecule has 0 saturated heterocycles. The van der Waals surface area contributed by atoms with Gasteiger partial charge in [-0.15, -0.1) is 0 Å². The third-order valence-corrected chi connectivity index (χ3v) is 5.38. The van der Waals surface area contributed by atoms with Crippen molar-refractivity contribution in [3.8, 4) is 5.69 Å². The normalized spacial score (nSPS) is 11.1. The molecule has 7 nitrogen and oxygen atoms in total. The Labute approximate surface area is 201 Å². The Morgan fingerprint density at radius 1 is 0.943 bits per heavy atom. The van der Waals surface area contributed by atoms with E-state index in [1.165, 1.54) is 10.6 Å². The molecular formula is C28H21N5O2. The van der Waals surface area contributed by atoms with E-state index in [1.54, 1.807) is 55.0 Å². The van der Waals surface area contributed by atoms with Gasteiger partial charge >= 0.3 is 0 Å². The molecule has 0 atom stereocenters. The molecule has 0 radical (unpaired) electrons. The Bertz CT molecular complexity index is 1580. The molecule has 0 aliphatic rings. The quantitative estimate of drug-likeness (QED) is 0.380. The number of fused-ring (bicyclic) bond motifs is 1. The maximum Gasteiger partial charge on any atom is 0.278 e. The van der Waals surface area contributed by atoms with Gasteiger partial charge in [-0.2, -0.15) is 0 Å². The number of benzene rings is 2. The fourth-order valence-electron chi connectivity index (χ4n) is 3.76. The first-order chi connectivity index (χ1) is 17.2. The van der Waals surface area contributed by atoms with E-state index in [0.29, 0.717) is 34.7 Å². The molecule has 0 spiro atoms. The third kappa shape index (κ3) is 5.04. The van der Waals surface area contributed by atoms with Crippen molar-refractivity contribution in [2.45, 2.75) is 6.42 Å². The lowest BCUT2D eigenvalue weighted by molar-refractivity contribution is -0.111. The van der Waals surface area contributed by atoms with Crippen molar-refractivity contribution in [2.24, 2.45) is 0 Å². The summed E-state index contributed by atoms with van der Waals surface area (Å²) in [6.45, 7) is 0. The number of amides is 1. The largest absolute Gasteiger partial charge is 0.322 e. The van der Waals surface area contributed by atoms with Crippen molar-refractivity contribution < 1.29 is 4.79 Å². The summed E-state index contributed by atoms with van der Waals surface area (Å²) >= 11 is 0. The molecule has 5 aromatic rings. The van der Waals surface area contributed by atoms with Crippen molar-refractivity contribution in [1.82, 2.24) is 19.5 Å². The van der Waals surface area contributed by atoms with Gasteiger partial charge in [0.25, 0.3) is 5.56 Å². The number of hydrogen-bond acceptors (Lipinski definition) is 5. The van der Waals surface area contributed by atoms with E-state index in [1.807, 2.05) is 48.5 Å². The molecule has 0 bridgehead atoms. The van der Waals surface area contributed by atoms with Crippen LogP contribution in [0.1, 0.15) is 16.8 Å². The van der Waals surface area contributed by atoms with E-state index in [-0.39, 0.29) is 11.5 Å². The molecule has 5 rings (SSSR count). The van der Waals surface area contributed by atoms with Crippen LogP contribution >= 0.6 is 0 Å². The lowest BCUT2D eigenvalue weighted by Gasteiger charge is -2.13. The van der Waals surface area contributed by atoms with E-state index >= 15 is 0 Å². The van der Waals surface area contributed by atoms with Crippen LogP contribution in [0.5, 0.6) is 0 Å². The van der Waals surface area contributed by atoms with Crippen LogP contribution in [0.4, 0.5) is 5.69 Å². The van der Waals surface area contributed by atoms with Crippen LogP contribution in [0, 0.1) is 0 Å². The SMILES string of the molecule is O=C(/C=C/c1ccccc1)Nc1cccc(-n2c(=O)c(Cc3cccnc3)nc3cccnc32)c1. The smallest absolute Gasteiger partial charge is 0.278 e. The molecule has 0 fully saturated rings. The third-order valence-electron chi connectivity index (χ3n) is 5.38. The van der Waals surface area contributed by atoms with Gasteiger partial charge in [-0.05, 0) is 53.6 Å². The van der Waals surface area contributed by atoms with Crippen LogP contribution < -0.4 is 10.9 Å². The number of rotatable bonds is 6. The van der Waals surface area contributed by atoms with Gasteiger partial charge in [0.05, 0.1) is 5.69 Å². The van der Waals surface area contributed by atoms with Crippen molar-refractivity contribution in [1.29, 1.82) is 0 Å². The number of aromatic nitrogens is 4. The van der Waals surface area contributed by atoms with Crippen LogP contribution in [0.15, 0.2) is 108 Å². The van der Waals surface area contributed by atoms with Crippen molar-refractivity contribution >= 4 is 28.8 Å². The van der Waals surface area contributed by atoms with Crippen LogP contribution in [-0.2, 0) is 11.2 Å². The Balaban J connectivity index is 1.50. The summed E-state index contributed by atoms with van der Waals surface area (Å²) in [6.07, 6.45) is 8.60. The molecule has 1 amide bonds. The maximum atomic E-state index is 13.5. The zero-order valence-electron chi connectivity index (χ0n) is 18.7. The maximum absolute atomic E-state index is 13.5.